The minimum Gasteiger partial charge on any atom is -0.342 e. The van der Waals surface area contributed by atoms with Crippen LogP contribution in [0, 0.1) is 13.8 Å². The Hall–Kier alpha value is -3.15. The van der Waals surface area contributed by atoms with E-state index in [1.807, 2.05) is 46.8 Å². The molecule has 5 rings (SSSR count). The van der Waals surface area contributed by atoms with E-state index < -0.39 is 0 Å². The van der Waals surface area contributed by atoms with Crippen LogP contribution < -0.4 is 0 Å². The summed E-state index contributed by atoms with van der Waals surface area (Å²) in [6.07, 6.45) is 5.78. The number of pyridine rings is 1. The van der Waals surface area contributed by atoms with Crippen LogP contribution in [0.1, 0.15) is 46.2 Å². The molecule has 6 heteroatoms. The number of para-hydroxylation sites is 1. The summed E-state index contributed by atoms with van der Waals surface area (Å²) in [7, 11) is 0. The first-order valence-corrected chi connectivity index (χ1v) is 9.78. The summed E-state index contributed by atoms with van der Waals surface area (Å²) in [4.78, 5) is 27.8. The van der Waals surface area contributed by atoms with Crippen LogP contribution in [0.2, 0.25) is 0 Å². The molecule has 0 saturated carbocycles. The lowest BCUT2D eigenvalue weighted by Crippen LogP contribution is -2.39. The van der Waals surface area contributed by atoms with Crippen molar-refractivity contribution >= 4 is 22.6 Å². The number of amides is 1. The number of fused-ring (bicyclic) bond motifs is 2. The first-order valence-electron chi connectivity index (χ1n) is 9.78. The van der Waals surface area contributed by atoms with Gasteiger partial charge in [0.1, 0.15) is 17.2 Å². The lowest BCUT2D eigenvalue weighted by Gasteiger charge is -2.31. The summed E-state index contributed by atoms with van der Waals surface area (Å²) in [5, 5.41) is 0. The number of piperidine rings is 1. The number of aryl methyl sites for hydroxylation is 2. The topological polar surface area (TPSA) is 66.3 Å². The van der Waals surface area contributed by atoms with Gasteiger partial charge in [0.25, 0.3) is 5.91 Å². The minimum atomic E-state index is -0.00153. The summed E-state index contributed by atoms with van der Waals surface area (Å²) in [6.45, 7) is 5.54. The molecule has 3 aromatic heterocycles. The lowest BCUT2D eigenvalue weighted by molar-refractivity contribution is 0.0699. The molecule has 28 heavy (non-hydrogen) atoms. The number of rotatable bonds is 2. The number of likely N-dealkylation sites (tertiary alicyclic amines) is 1. The second kappa shape index (κ2) is 6.48. The minimum absolute atomic E-state index is 0.00153. The van der Waals surface area contributed by atoms with Crippen molar-refractivity contribution in [2.75, 3.05) is 13.1 Å². The second-order valence-electron chi connectivity index (χ2n) is 7.78. The first kappa shape index (κ1) is 17.0. The van der Waals surface area contributed by atoms with Crippen molar-refractivity contribution in [2.45, 2.75) is 32.6 Å². The molecule has 1 aliphatic rings. The van der Waals surface area contributed by atoms with Gasteiger partial charge in [0, 0.05) is 31.4 Å². The predicted octanol–water partition coefficient (Wildman–Crippen LogP) is 3.85. The van der Waals surface area contributed by atoms with Gasteiger partial charge in [-0.1, -0.05) is 12.1 Å². The largest absolute Gasteiger partial charge is 0.342 e. The fourth-order valence-corrected chi connectivity index (χ4v) is 4.12. The molecule has 1 aromatic carbocycles. The van der Waals surface area contributed by atoms with Crippen molar-refractivity contribution in [1.82, 2.24) is 24.3 Å². The molecule has 1 unspecified atom stereocenters. The Kier molecular flexibility index (Phi) is 3.93. The zero-order valence-corrected chi connectivity index (χ0v) is 16.1. The van der Waals surface area contributed by atoms with E-state index in [0.29, 0.717) is 12.2 Å². The van der Waals surface area contributed by atoms with E-state index in [1.54, 1.807) is 0 Å². The van der Waals surface area contributed by atoms with Crippen molar-refractivity contribution in [2.24, 2.45) is 0 Å². The number of carbonyl (C=O) groups is 1. The molecule has 1 aliphatic heterocycles. The second-order valence-corrected chi connectivity index (χ2v) is 7.78. The van der Waals surface area contributed by atoms with Crippen LogP contribution in [-0.4, -0.2) is 43.2 Å². The van der Waals surface area contributed by atoms with Crippen LogP contribution in [0.15, 0.2) is 42.7 Å². The number of carbonyl (C=O) groups excluding carboxylic acids is 1. The number of benzene rings is 1. The van der Waals surface area contributed by atoms with Gasteiger partial charge in [0.05, 0.1) is 11.0 Å². The Morgan fingerprint density at radius 2 is 2.11 bits per heavy atom. The van der Waals surface area contributed by atoms with Crippen LogP contribution in [0.3, 0.4) is 0 Å². The Bertz CT molecular complexity index is 1190. The van der Waals surface area contributed by atoms with Gasteiger partial charge in [0.15, 0.2) is 0 Å². The normalized spacial score (nSPS) is 17.5. The van der Waals surface area contributed by atoms with E-state index >= 15 is 0 Å². The quantitative estimate of drug-likeness (QED) is 0.580. The highest BCUT2D eigenvalue weighted by Gasteiger charge is 2.28. The number of hydrogen-bond acceptors (Lipinski definition) is 3. The number of nitrogens with zero attached hydrogens (tertiary/aromatic N) is 4. The molecule has 1 atom stereocenters. The van der Waals surface area contributed by atoms with Crippen molar-refractivity contribution in [3.05, 3.63) is 65.4 Å². The molecule has 1 saturated heterocycles. The number of hydrogen-bond donors (Lipinski definition) is 1. The van der Waals surface area contributed by atoms with E-state index in [1.165, 1.54) is 5.56 Å². The fourth-order valence-electron chi connectivity index (χ4n) is 4.12. The highest BCUT2D eigenvalue weighted by atomic mass is 16.2. The third-order valence-electron chi connectivity index (χ3n) is 5.66. The molecule has 4 heterocycles. The van der Waals surface area contributed by atoms with Crippen LogP contribution in [-0.2, 0) is 0 Å². The van der Waals surface area contributed by atoms with E-state index in [9.17, 15) is 4.79 Å². The molecule has 4 aromatic rings. The maximum atomic E-state index is 13.1. The smallest absolute Gasteiger partial charge is 0.274 e. The molecule has 142 valence electrons. The molecule has 1 amide bonds. The standard InChI is InChI=1S/C22H23N5O/c1-14-8-10-26-13-18(23-19(26)11-14)22(28)27-9-4-6-16(12-27)21-24-17-7-3-5-15(2)20(17)25-21/h3,5,7-8,10-11,13,16H,4,6,9,12H2,1-2H3,(H,24,25). The number of nitrogens with one attached hydrogen (secondary N) is 1. The summed E-state index contributed by atoms with van der Waals surface area (Å²) in [5.41, 5.74) is 5.71. The molecule has 1 N–H and O–H groups in total. The molecule has 0 bridgehead atoms. The third-order valence-corrected chi connectivity index (χ3v) is 5.66. The van der Waals surface area contributed by atoms with E-state index in [-0.39, 0.29) is 11.8 Å². The fraction of sp³-hybridized carbons (Fsp3) is 0.318. The molecular weight excluding hydrogens is 350 g/mol. The van der Waals surface area contributed by atoms with Crippen LogP contribution in [0.5, 0.6) is 0 Å². The van der Waals surface area contributed by atoms with Crippen LogP contribution >= 0.6 is 0 Å². The highest BCUT2D eigenvalue weighted by Crippen LogP contribution is 2.28. The van der Waals surface area contributed by atoms with Gasteiger partial charge in [-0.15, -0.1) is 0 Å². The molecule has 0 aliphatic carbocycles. The number of aromatic amines is 1. The molecule has 1 fully saturated rings. The maximum absolute atomic E-state index is 13.1. The van der Waals surface area contributed by atoms with Crippen molar-refractivity contribution < 1.29 is 4.79 Å². The maximum Gasteiger partial charge on any atom is 0.274 e. The molecule has 0 spiro atoms. The molecule has 0 radical (unpaired) electrons. The van der Waals surface area contributed by atoms with Crippen molar-refractivity contribution in [3.63, 3.8) is 0 Å². The summed E-state index contributed by atoms with van der Waals surface area (Å²) < 4.78 is 1.91. The van der Waals surface area contributed by atoms with Gasteiger partial charge < -0.3 is 14.3 Å². The average molecular weight is 373 g/mol. The Labute approximate surface area is 163 Å². The average Bonchev–Trinajstić information content (AvgIpc) is 3.32. The van der Waals surface area contributed by atoms with Gasteiger partial charge in [-0.3, -0.25) is 4.79 Å². The van der Waals surface area contributed by atoms with Crippen molar-refractivity contribution in [1.29, 1.82) is 0 Å². The third kappa shape index (κ3) is 2.85. The summed E-state index contributed by atoms with van der Waals surface area (Å²) in [5.74, 6) is 1.20. The Morgan fingerprint density at radius 1 is 1.21 bits per heavy atom. The Balaban J connectivity index is 1.40. The van der Waals surface area contributed by atoms with E-state index in [4.69, 9.17) is 4.98 Å². The SMILES string of the molecule is Cc1ccn2cc(C(=O)N3CCCC(c4nc5c(C)cccc5[nH]4)C3)nc2c1. The highest BCUT2D eigenvalue weighted by molar-refractivity contribution is 5.93. The van der Waals surface area contributed by atoms with Crippen molar-refractivity contribution in [3.8, 4) is 0 Å². The van der Waals surface area contributed by atoms with Gasteiger partial charge in [-0.25, -0.2) is 9.97 Å². The number of imidazole rings is 2. The monoisotopic (exact) mass is 373 g/mol. The molecular formula is C22H23N5O. The Morgan fingerprint density at radius 3 is 2.96 bits per heavy atom. The van der Waals surface area contributed by atoms with E-state index in [2.05, 4.69) is 29.0 Å². The van der Waals surface area contributed by atoms with Gasteiger partial charge in [-0.2, -0.15) is 0 Å². The predicted molar refractivity (Wildman–Crippen MR) is 109 cm³/mol. The zero-order chi connectivity index (χ0) is 19.3. The summed E-state index contributed by atoms with van der Waals surface area (Å²) >= 11 is 0. The molecule has 6 nitrogen and oxygen atoms in total. The van der Waals surface area contributed by atoms with Crippen LogP contribution in [0.4, 0.5) is 0 Å². The number of aromatic nitrogens is 4. The van der Waals surface area contributed by atoms with Crippen LogP contribution in [0.25, 0.3) is 16.7 Å². The van der Waals surface area contributed by atoms with Gasteiger partial charge in [-0.05, 0) is 56.0 Å². The number of H-pyrrole nitrogens is 1. The lowest BCUT2D eigenvalue weighted by atomic mass is 9.97. The van der Waals surface area contributed by atoms with Gasteiger partial charge >= 0.3 is 0 Å². The van der Waals surface area contributed by atoms with Gasteiger partial charge in [0.2, 0.25) is 0 Å². The van der Waals surface area contributed by atoms with E-state index in [0.717, 1.165) is 47.5 Å². The first-order chi connectivity index (χ1) is 13.6. The summed E-state index contributed by atoms with van der Waals surface area (Å²) in [6, 6.07) is 10.2. The zero-order valence-electron chi connectivity index (χ0n) is 16.1.